The van der Waals surface area contributed by atoms with Crippen molar-refractivity contribution in [3.63, 3.8) is 0 Å². The summed E-state index contributed by atoms with van der Waals surface area (Å²) in [5.41, 5.74) is 6.73. The van der Waals surface area contributed by atoms with Crippen LogP contribution in [0.15, 0.2) is 28.9 Å². The maximum Gasteiger partial charge on any atom is 0.228 e. The van der Waals surface area contributed by atoms with E-state index in [1.165, 1.54) is 6.42 Å². The van der Waals surface area contributed by atoms with Gasteiger partial charge in [0.05, 0.1) is 0 Å². The number of nitrogens with two attached hydrogens (primary N) is 1. The van der Waals surface area contributed by atoms with Crippen molar-refractivity contribution in [3.05, 3.63) is 30.3 Å². The molecule has 0 aliphatic heterocycles. The SMILES string of the molecule is NC1(Cc2nc(-c3ccccn3)no2)CCC1. The Kier molecular flexibility index (Phi) is 2.40. The van der Waals surface area contributed by atoms with E-state index in [4.69, 9.17) is 10.3 Å². The van der Waals surface area contributed by atoms with Gasteiger partial charge in [-0.1, -0.05) is 11.2 Å². The molecular formula is C12H14N4O. The topological polar surface area (TPSA) is 77.8 Å². The van der Waals surface area contributed by atoms with Gasteiger partial charge in [0, 0.05) is 18.2 Å². The van der Waals surface area contributed by atoms with Gasteiger partial charge in [0.1, 0.15) is 5.69 Å². The molecule has 1 saturated carbocycles. The molecule has 0 bridgehead atoms. The van der Waals surface area contributed by atoms with E-state index < -0.39 is 0 Å². The molecule has 3 rings (SSSR count). The molecule has 1 aliphatic rings. The predicted molar refractivity (Wildman–Crippen MR) is 62.0 cm³/mol. The number of hydrogen-bond donors (Lipinski definition) is 1. The molecule has 88 valence electrons. The van der Waals surface area contributed by atoms with Gasteiger partial charge in [-0.3, -0.25) is 4.98 Å². The minimum absolute atomic E-state index is 0.131. The lowest BCUT2D eigenvalue weighted by atomic mass is 9.75. The Balaban J connectivity index is 1.79. The Morgan fingerprint density at radius 2 is 2.24 bits per heavy atom. The minimum atomic E-state index is -0.131. The van der Waals surface area contributed by atoms with Gasteiger partial charge in [0.15, 0.2) is 0 Å². The molecular weight excluding hydrogens is 216 g/mol. The number of rotatable bonds is 3. The summed E-state index contributed by atoms with van der Waals surface area (Å²) >= 11 is 0. The van der Waals surface area contributed by atoms with E-state index in [-0.39, 0.29) is 5.54 Å². The van der Waals surface area contributed by atoms with Crippen molar-refractivity contribution >= 4 is 0 Å². The zero-order chi connectivity index (χ0) is 11.7. The fourth-order valence-corrected chi connectivity index (χ4v) is 2.03. The minimum Gasteiger partial charge on any atom is -0.339 e. The highest BCUT2D eigenvalue weighted by atomic mass is 16.5. The van der Waals surface area contributed by atoms with Crippen LogP contribution in [0.25, 0.3) is 11.5 Å². The summed E-state index contributed by atoms with van der Waals surface area (Å²) in [7, 11) is 0. The largest absolute Gasteiger partial charge is 0.339 e. The van der Waals surface area contributed by atoms with Crippen LogP contribution in [-0.4, -0.2) is 20.7 Å². The fourth-order valence-electron chi connectivity index (χ4n) is 2.03. The molecule has 0 spiro atoms. The van der Waals surface area contributed by atoms with Crippen LogP contribution in [0.1, 0.15) is 25.2 Å². The zero-order valence-electron chi connectivity index (χ0n) is 9.47. The molecule has 0 saturated heterocycles. The summed E-state index contributed by atoms with van der Waals surface area (Å²) in [6.07, 6.45) is 5.63. The van der Waals surface area contributed by atoms with Gasteiger partial charge < -0.3 is 10.3 Å². The van der Waals surface area contributed by atoms with Crippen LogP contribution in [0.3, 0.4) is 0 Å². The molecule has 5 nitrogen and oxygen atoms in total. The maximum atomic E-state index is 6.14. The average molecular weight is 230 g/mol. The molecule has 5 heteroatoms. The van der Waals surface area contributed by atoms with Crippen molar-refractivity contribution in [2.45, 2.75) is 31.2 Å². The molecule has 0 unspecified atom stereocenters. The summed E-state index contributed by atoms with van der Waals surface area (Å²) in [6, 6.07) is 5.61. The number of aromatic nitrogens is 3. The average Bonchev–Trinajstić information content (AvgIpc) is 2.77. The van der Waals surface area contributed by atoms with Gasteiger partial charge in [0.2, 0.25) is 11.7 Å². The molecule has 1 aliphatic carbocycles. The highest BCUT2D eigenvalue weighted by molar-refractivity contribution is 5.47. The van der Waals surface area contributed by atoms with Crippen LogP contribution in [0.2, 0.25) is 0 Å². The monoisotopic (exact) mass is 230 g/mol. The zero-order valence-corrected chi connectivity index (χ0v) is 9.47. The summed E-state index contributed by atoms with van der Waals surface area (Å²) in [5.74, 6) is 1.14. The van der Waals surface area contributed by atoms with Crippen LogP contribution in [0.4, 0.5) is 0 Å². The molecule has 2 aromatic rings. The lowest BCUT2D eigenvalue weighted by molar-refractivity contribution is 0.222. The maximum absolute atomic E-state index is 6.14. The molecule has 0 amide bonds. The van der Waals surface area contributed by atoms with Crippen molar-refractivity contribution < 1.29 is 4.52 Å². The Hall–Kier alpha value is -1.75. The third-order valence-electron chi connectivity index (χ3n) is 3.21. The van der Waals surface area contributed by atoms with E-state index in [1.807, 2.05) is 18.2 Å². The van der Waals surface area contributed by atoms with Crippen LogP contribution in [0, 0.1) is 0 Å². The number of nitrogens with zero attached hydrogens (tertiary/aromatic N) is 3. The quantitative estimate of drug-likeness (QED) is 0.865. The Bertz CT molecular complexity index is 504. The van der Waals surface area contributed by atoms with Gasteiger partial charge in [-0.15, -0.1) is 0 Å². The Morgan fingerprint density at radius 1 is 1.35 bits per heavy atom. The van der Waals surface area contributed by atoms with Gasteiger partial charge >= 0.3 is 0 Å². The van der Waals surface area contributed by atoms with Gasteiger partial charge in [-0.2, -0.15) is 4.98 Å². The number of pyridine rings is 1. The predicted octanol–water partition coefficient (Wildman–Crippen LogP) is 1.56. The van der Waals surface area contributed by atoms with Crippen LogP contribution < -0.4 is 5.73 Å². The Morgan fingerprint density at radius 3 is 2.88 bits per heavy atom. The van der Waals surface area contributed by atoms with E-state index >= 15 is 0 Å². The second-order valence-electron chi connectivity index (χ2n) is 4.62. The molecule has 1 fully saturated rings. The van der Waals surface area contributed by atoms with Gasteiger partial charge in [-0.25, -0.2) is 0 Å². The summed E-state index contributed by atoms with van der Waals surface area (Å²) in [6.45, 7) is 0. The molecule has 2 N–H and O–H groups in total. The molecule has 17 heavy (non-hydrogen) atoms. The van der Waals surface area contributed by atoms with Crippen LogP contribution in [-0.2, 0) is 6.42 Å². The fraction of sp³-hybridized carbons (Fsp3) is 0.417. The first-order valence-electron chi connectivity index (χ1n) is 5.78. The smallest absolute Gasteiger partial charge is 0.228 e. The number of hydrogen-bond acceptors (Lipinski definition) is 5. The third-order valence-corrected chi connectivity index (χ3v) is 3.21. The standard InChI is InChI=1S/C12H14N4O/c13-12(5-3-6-12)8-10-15-11(16-17-10)9-4-1-2-7-14-9/h1-2,4,7H,3,5-6,8,13H2. The summed E-state index contributed by atoms with van der Waals surface area (Å²) in [4.78, 5) is 8.50. The highest BCUT2D eigenvalue weighted by Crippen LogP contribution is 2.32. The summed E-state index contributed by atoms with van der Waals surface area (Å²) < 4.78 is 5.21. The van der Waals surface area contributed by atoms with Crippen molar-refractivity contribution in [3.8, 4) is 11.5 Å². The van der Waals surface area contributed by atoms with Crippen molar-refractivity contribution in [1.82, 2.24) is 15.1 Å². The van der Waals surface area contributed by atoms with Crippen molar-refractivity contribution in [2.75, 3.05) is 0 Å². The van der Waals surface area contributed by atoms with E-state index in [0.717, 1.165) is 18.5 Å². The molecule has 0 aromatic carbocycles. The first-order chi connectivity index (χ1) is 8.25. The van der Waals surface area contributed by atoms with E-state index in [1.54, 1.807) is 6.20 Å². The van der Waals surface area contributed by atoms with Crippen molar-refractivity contribution in [2.24, 2.45) is 5.73 Å². The highest BCUT2D eigenvalue weighted by Gasteiger charge is 2.34. The van der Waals surface area contributed by atoms with Gasteiger partial charge in [0.25, 0.3) is 0 Å². The molecule has 2 aromatic heterocycles. The van der Waals surface area contributed by atoms with E-state index in [2.05, 4.69) is 15.1 Å². The second-order valence-corrected chi connectivity index (χ2v) is 4.62. The third kappa shape index (κ3) is 2.06. The lowest BCUT2D eigenvalue weighted by Crippen LogP contribution is -2.48. The summed E-state index contributed by atoms with van der Waals surface area (Å²) in [5, 5.41) is 3.92. The molecule has 0 atom stereocenters. The first-order valence-corrected chi connectivity index (χ1v) is 5.78. The lowest BCUT2D eigenvalue weighted by Gasteiger charge is -2.36. The van der Waals surface area contributed by atoms with E-state index in [0.29, 0.717) is 18.1 Å². The first kappa shape index (κ1) is 10.4. The molecule has 2 heterocycles. The van der Waals surface area contributed by atoms with Crippen molar-refractivity contribution in [1.29, 1.82) is 0 Å². The van der Waals surface area contributed by atoms with Gasteiger partial charge in [-0.05, 0) is 31.4 Å². The van der Waals surface area contributed by atoms with Crippen LogP contribution >= 0.6 is 0 Å². The normalized spacial score (nSPS) is 17.7. The molecule has 0 radical (unpaired) electrons. The second kappa shape index (κ2) is 3.92. The van der Waals surface area contributed by atoms with E-state index in [9.17, 15) is 0 Å². The Labute approximate surface area is 99.1 Å². The van der Waals surface area contributed by atoms with Crippen LogP contribution in [0.5, 0.6) is 0 Å².